The molecule has 0 fully saturated rings. The van der Waals surface area contributed by atoms with Gasteiger partial charge in [0.1, 0.15) is 6.10 Å². The van der Waals surface area contributed by atoms with Crippen molar-refractivity contribution in [1.82, 2.24) is 0 Å². The molecule has 0 aliphatic heterocycles. The van der Waals surface area contributed by atoms with E-state index in [4.69, 9.17) is 11.6 Å². The molecular weight excluding hydrogens is 196 g/mol. The molecule has 1 nitrogen and oxygen atoms in total. The zero-order chi connectivity index (χ0) is 9.97. The Morgan fingerprint density at radius 3 is 2.50 bits per heavy atom. The molecule has 1 aliphatic carbocycles. The molecule has 0 aromatic heterocycles. The predicted octanol–water partition coefficient (Wildman–Crippen LogP) is 3.26. The second-order valence-corrected chi connectivity index (χ2v) is 3.73. The molecule has 72 valence electrons. The normalized spacial score (nSPS) is 16.9. The lowest BCUT2D eigenvalue weighted by Gasteiger charge is -2.10. The number of rotatable bonds is 2. The lowest BCUT2D eigenvalue weighted by atomic mass is 10.0. The van der Waals surface area contributed by atoms with Crippen LogP contribution in [0.25, 0.3) is 0 Å². The molecule has 0 heterocycles. The molecule has 14 heavy (non-hydrogen) atoms. The summed E-state index contributed by atoms with van der Waals surface area (Å²) in [6, 6.07) is 7.28. The summed E-state index contributed by atoms with van der Waals surface area (Å²) in [5.74, 6) is 0. The van der Waals surface area contributed by atoms with Crippen molar-refractivity contribution in [3.8, 4) is 0 Å². The van der Waals surface area contributed by atoms with Gasteiger partial charge in [0, 0.05) is 5.02 Å². The fourth-order valence-corrected chi connectivity index (χ4v) is 1.64. The van der Waals surface area contributed by atoms with Crippen molar-refractivity contribution in [2.45, 2.75) is 12.5 Å². The fourth-order valence-electron chi connectivity index (χ4n) is 1.52. The first-order valence-electron chi connectivity index (χ1n) is 4.57. The highest BCUT2D eigenvalue weighted by atomic mass is 35.5. The number of aliphatic hydroxyl groups excluding tert-OH is 1. The summed E-state index contributed by atoms with van der Waals surface area (Å²) in [4.78, 5) is 0. The summed E-state index contributed by atoms with van der Waals surface area (Å²) >= 11 is 5.77. The molecule has 1 aromatic carbocycles. The quantitative estimate of drug-likeness (QED) is 0.788. The third-order valence-electron chi connectivity index (χ3n) is 2.30. The van der Waals surface area contributed by atoms with Crippen molar-refractivity contribution < 1.29 is 5.11 Å². The van der Waals surface area contributed by atoms with Crippen LogP contribution in [-0.4, -0.2) is 5.11 Å². The number of halogens is 1. The lowest BCUT2D eigenvalue weighted by molar-refractivity contribution is 0.220. The Labute approximate surface area is 88.3 Å². The second kappa shape index (κ2) is 3.99. The monoisotopic (exact) mass is 206 g/mol. The van der Waals surface area contributed by atoms with Crippen molar-refractivity contribution in [1.29, 1.82) is 0 Å². The van der Waals surface area contributed by atoms with Crippen molar-refractivity contribution in [3.63, 3.8) is 0 Å². The largest absolute Gasteiger partial charge is 0.384 e. The summed E-state index contributed by atoms with van der Waals surface area (Å²) in [6.45, 7) is 0. The first-order valence-corrected chi connectivity index (χ1v) is 4.95. The first kappa shape index (κ1) is 9.50. The Morgan fingerprint density at radius 2 is 1.93 bits per heavy atom. The van der Waals surface area contributed by atoms with E-state index in [1.807, 2.05) is 30.4 Å². The molecule has 0 amide bonds. The minimum Gasteiger partial charge on any atom is -0.384 e. The number of allylic oxidation sites excluding steroid dienone is 2. The van der Waals surface area contributed by atoms with Gasteiger partial charge in [-0.05, 0) is 29.7 Å². The molecule has 2 heteroatoms. The van der Waals surface area contributed by atoms with Gasteiger partial charge in [0.2, 0.25) is 0 Å². The zero-order valence-electron chi connectivity index (χ0n) is 7.65. The summed E-state index contributed by atoms with van der Waals surface area (Å²) < 4.78 is 0. The average molecular weight is 207 g/mol. The van der Waals surface area contributed by atoms with E-state index in [1.54, 1.807) is 12.1 Å². The minimum atomic E-state index is -0.522. The molecule has 0 saturated carbocycles. The summed E-state index contributed by atoms with van der Waals surface area (Å²) in [6.07, 6.45) is 6.42. The molecule has 1 aliphatic rings. The van der Waals surface area contributed by atoms with Gasteiger partial charge in [-0.15, -0.1) is 0 Å². The third-order valence-corrected chi connectivity index (χ3v) is 2.55. The molecular formula is C12H11ClO. The van der Waals surface area contributed by atoms with Crippen molar-refractivity contribution in [2.75, 3.05) is 0 Å². The molecule has 0 radical (unpaired) electrons. The number of aliphatic hydroxyl groups is 1. The zero-order valence-corrected chi connectivity index (χ0v) is 8.41. The first-order chi connectivity index (χ1) is 6.77. The molecule has 1 unspecified atom stereocenters. The van der Waals surface area contributed by atoms with E-state index >= 15 is 0 Å². The highest BCUT2D eigenvalue weighted by Crippen LogP contribution is 2.26. The maximum Gasteiger partial charge on any atom is 0.104 e. The number of hydrogen-bond donors (Lipinski definition) is 1. The second-order valence-electron chi connectivity index (χ2n) is 3.30. The van der Waals surface area contributed by atoms with E-state index in [0.29, 0.717) is 5.02 Å². The molecule has 0 saturated heterocycles. The van der Waals surface area contributed by atoms with Crippen LogP contribution in [0, 0.1) is 0 Å². The maximum absolute atomic E-state index is 9.95. The topological polar surface area (TPSA) is 20.2 Å². The van der Waals surface area contributed by atoms with Crippen molar-refractivity contribution in [3.05, 3.63) is 58.7 Å². The standard InChI is InChI=1S/C12H11ClO/c13-11-7-5-10(6-8-11)12(14)9-3-1-2-4-9/h1,3-8,12,14H,2H2. The van der Waals surface area contributed by atoms with Crippen LogP contribution in [0.4, 0.5) is 0 Å². The van der Waals surface area contributed by atoms with E-state index in [2.05, 4.69) is 0 Å². The Bertz CT molecular complexity index is 376. The van der Waals surface area contributed by atoms with Crippen molar-refractivity contribution >= 4 is 11.6 Å². The van der Waals surface area contributed by atoms with Gasteiger partial charge in [0.05, 0.1) is 0 Å². The van der Waals surface area contributed by atoms with Gasteiger partial charge in [0.15, 0.2) is 0 Å². The maximum atomic E-state index is 9.95. The van der Waals surface area contributed by atoms with Crippen LogP contribution >= 0.6 is 11.6 Å². The van der Waals surface area contributed by atoms with E-state index in [0.717, 1.165) is 17.6 Å². The lowest BCUT2D eigenvalue weighted by Crippen LogP contribution is -1.98. The van der Waals surface area contributed by atoms with Crippen LogP contribution in [0.2, 0.25) is 5.02 Å². The van der Waals surface area contributed by atoms with Crippen LogP contribution in [0.1, 0.15) is 18.1 Å². The van der Waals surface area contributed by atoms with Gasteiger partial charge in [-0.3, -0.25) is 0 Å². The van der Waals surface area contributed by atoms with Gasteiger partial charge in [-0.25, -0.2) is 0 Å². The van der Waals surface area contributed by atoms with Crippen LogP contribution < -0.4 is 0 Å². The Kier molecular flexibility index (Phi) is 2.71. The van der Waals surface area contributed by atoms with E-state index in [1.165, 1.54) is 0 Å². The highest BCUT2D eigenvalue weighted by Gasteiger charge is 2.12. The van der Waals surface area contributed by atoms with Gasteiger partial charge < -0.3 is 5.11 Å². The Hall–Kier alpha value is -1.05. The summed E-state index contributed by atoms with van der Waals surface area (Å²) in [5.41, 5.74) is 1.85. The third kappa shape index (κ3) is 1.89. The number of hydrogen-bond acceptors (Lipinski definition) is 1. The predicted molar refractivity (Wildman–Crippen MR) is 58.3 cm³/mol. The van der Waals surface area contributed by atoms with E-state index in [9.17, 15) is 5.11 Å². The summed E-state index contributed by atoms with van der Waals surface area (Å²) in [5, 5.41) is 10.6. The van der Waals surface area contributed by atoms with Crippen LogP contribution in [0.5, 0.6) is 0 Å². The molecule has 1 aromatic rings. The SMILES string of the molecule is OC(C1=CCC=C1)c1ccc(Cl)cc1. The van der Waals surface area contributed by atoms with Crippen LogP contribution in [0.15, 0.2) is 48.1 Å². The smallest absolute Gasteiger partial charge is 0.104 e. The minimum absolute atomic E-state index is 0.522. The molecule has 0 spiro atoms. The van der Waals surface area contributed by atoms with Gasteiger partial charge in [-0.2, -0.15) is 0 Å². The van der Waals surface area contributed by atoms with Gasteiger partial charge >= 0.3 is 0 Å². The van der Waals surface area contributed by atoms with Crippen molar-refractivity contribution in [2.24, 2.45) is 0 Å². The van der Waals surface area contributed by atoms with E-state index < -0.39 is 6.10 Å². The Morgan fingerprint density at radius 1 is 1.21 bits per heavy atom. The van der Waals surface area contributed by atoms with Gasteiger partial charge in [-0.1, -0.05) is 42.0 Å². The van der Waals surface area contributed by atoms with Gasteiger partial charge in [0.25, 0.3) is 0 Å². The number of benzene rings is 1. The van der Waals surface area contributed by atoms with Crippen LogP contribution in [0.3, 0.4) is 0 Å². The average Bonchev–Trinajstić information content (AvgIpc) is 2.71. The molecule has 1 N–H and O–H groups in total. The highest BCUT2D eigenvalue weighted by molar-refractivity contribution is 6.30. The Balaban J connectivity index is 2.22. The van der Waals surface area contributed by atoms with E-state index in [-0.39, 0.29) is 0 Å². The van der Waals surface area contributed by atoms with Crippen LogP contribution in [-0.2, 0) is 0 Å². The molecule has 2 rings (SSSR count). The fraction of sp³-hybridized carbons (Fsp3) is 0.167. The summed E-state index contributed by atoms with van der Waals surface area (Å²) in [7, 11) is 0. The molecule has 0 bridgehead atoms. The molecule has 1 atom stereocenters.